The van der Waals surface area contributed by atoms with E-state index in [1.807, 2.05) is 0 Å². The Hall–Kier alpha value is -2.02. The van der Waals surface area contributed by atoms with Gasteiger partial charge in [-0.2, -0.15) is 0 Å². The Morgan fingerprint density at radius 3 is 2.28 bits per heavy atom. The van der Waals surface area contributed by atoms with Crippen molar-refractivity contribution in [2.45, 2.75) is 5.75 Å². The molecule has 25 heavy (non-hydrogen) atoms. The Bertz CT molecular complexity index is 836. The Labute approximate surface area is 157 Å². The number of carbonyl (C=O) groups is 3. The molecule has 2 aromatic rings. The molecule has 0 bridgehead atoms. The van der Waals surface area contributed by atoms with E-state index in [1.54, 1.807) is 30.3 Å². The summed E-state index contributed by atoms with van der Waals surface area (Å²) in [5.41, 5.74) is 1.27. The lowest BCUT2D eigenvalue weighted by Crippen LogP contribution is -2.33. The van der Waals surface area contributed by atoms with Crippen LogP contribution in [0.1, 0.15) is 26.3 Å². The lowest BCUT2D eigenvalue weighted by Gasteiger charge is -2.12. The van der Waals surface area contributed by atoms with E-state index in [9.17, 15) is 14.4 Å². The van der Waals surface area contributed by atoms with Gasteiger partial charge in [0.25, 0.3) is 11.8 Å². The second-order valence-electron chi connectivity index (χ2n) is 5.14. The topological polar surface area (TPSA) is 63.7 Å². The number of fused-ring (bicyclic) bond motifs is 1. The molecule has 0 aliphatic carbocycles. The summed E-state index contributed by atoms with van der Waals surface area (Å²) in [5, 5.41) is 1.54. The highest BCUT2D eigenvalue weighted by atomic mass is 35.5. The molecule has 5 nitrogen and oxygen atoms in total. The first kappa shape index (κ1) is 17.8. The van der Waals surface area contributed by atoms with E-state index in [0.29, 0.717) is 20.9 Å². The molecule has 0 saturated carbocycles. The number of thioether (sulfide) groups is 1. The number of carbonyl (C=O) groups excluding carboxylic acids is 3. The minimum atomic E-state index is -0.690. The van der Waals surface area contributed by atoms with E-state index in [0.717, 1.165) is 5.56 Å². The average Bonchev–Trinajstić information content (AvgIpc) is 2.82. The largest absolute Gasteiger partial charge is 0.343 e. The van der Waals surface area contributed by atoms with Crippen LogP contribution in [0.5, 0.6) is 0 Å². The fourth-order valence-electron chi connectivity index (χ4n) is 2.26. The van der Waals surface area contributed by atoms with E-state index >= 15 is 0 Å². The maximum absolute atomic E-state index is 12.1. The molecule has 0 fully saturated rings. The van der Waals surface area contributed by atoms with Crippen LogP contribution in [0.15, 0.2) is 42.5 Å². The molecule has 0 unspecified atom stereocenters. The summed E-state index contributed by atoms with van der Waals surface area (Å²) in [6.45, 7) is 0. The number of rotatable bonds is 5. The fraction of sp³-hybridized carbons (Fsp3) is 0.118. The summed E-state index contributed by atoms with van der Waals surface area (Å²) in [6, 6.07) is 11.4. The Morgan fingerprint density at radius 2 is 1.68 bits per heavy atom. The number of hydrogen-bond donors (Lipinski definition) is 0. The Balaban J connectivity index is 1.55. The molecule has 0 aromatic heterocycles. The van der Waals surface area contributed by atoms with E-state index < -0.39 is 17.8 Å². The maximum atomic E-state index is 12.1. The minimum absolute atomic E-state index is 0.0354. The van der Waals surface area contributed by atoms with Crippen molar-refractivity contribution in [3.63, 3.8) is 0 Å². The number of imide groups is 1. The van der Waals surface area contributed by atoms with Crippen molar-refractivity contribution < 1.29 is 19.2 Å². The Kier molecular flexibility index (Phi) is 5.32. The molecule has 2 amide bonds. The summed E-state index contributed by atoms with van der Waals surface area (Å²) in [7, 11) is 0. The summed E-state index contributed by atoms with van der Waals surface area (Å²) in [4.78, 5) is 41.1. The van der Waals surface area contributed by atoms with Crippen molar-refractivity contribution in [1.29, 1.82) is 0 Å². The first-order valence-electron chi connectivity index (χ1n) is 7.17. The highest BCUT2D eigenvalue weighted by molar-refractivity contribution is 7.99. The number of hydrogen-bond acceptors (Lipinski definition) is 5. The molecular formula is C17H11Cl2NO4S. The summed E-state index contributed by atoms with van der Waals surface area (Å²) < 4.78 is 0. The van der Waals surface area contributed by atoms with E-state index in [-0.39, 0.29) is 16.9 Å². The molecule has 128 valence electrons. The van der Waals surface area contributed by atoms with Gasteiger partial charge in [0.2, 0.25) is 0 Å². The normalized spacial score (nSPS) is 13.1. The second kappa shape index (κ2) is 7.47. The first-order valence-corrected chi connectivity index (χ1v) is 9.08. The van der Waals surface area contributed by atoms with Crippen LogP contribution in [0.2, 0.25) is 10.0 Å². The molecule has 0 saturated heterocycles. The van der Waals surface area contributed by atoms with Crippen LogP contribution in [-0.4, -0.2) is 28.6 Å². The van der Waals surface area contributed by atoms with E-state index in [1.165, 1.54) is 23.9 Å². The van der Waals surface area contributed by atoms with Crippen molar-refractivity contribution in [2.24, 2.45) is 0 Å². The highest BCUT2D eigenvalue weighted by Gasteiger charge is 2.38. The van der Waals surface area contributed by atoms with Crippen LogP contribution in [-0.2, 0) is 15.4 Å². The third-order valence-corrected chi connectivity index (χ3v) is 4.98. The monoisotopic (exact) mass is 395 g/mol. The molecule has 8 heteroatoms. The number of benzene rings is 2. The molecule has 1 heterocycles. The van der Waals surface area contributed by atoms with Crippen molar-refractivity contribution in [1.82, 2.24) is 5.06 Å². The van der Waals surface area contributed by atoms with Crippen LogP contribution in [0.4, 0.5) is 0 Å². The molecule has 0 spiro atoms. The van der Waals surface area contributed by atoms with Gasteiger partial charge in [-0.1, -0.05) is 46.5 Å². The zero-order valence-electron chi connectivity index (χ0n) is 12.7. The highest BCUT2D eigenvalue weighted by Crippen LogP contribution is 2.26. The van der Waals surface area contributed by atoms with Gasteiger partial charge in [-0.15, -0.1) is 11.8 Å². The molecule has 0 radical (unpaired) electrons. The fourth-order valence-corrected chi connectivity index (χ4v) is 3.61. The number of amides is 2. The van der Waals surface area contributed by atoms with Gasteiger partial charge >= 0.3 is 5.97 Å². The molecule has 1 aliphatic heterocycles. The first-order chi connectivity index (χ1) is 12.0. The summed E-state index contributed by atoms with van der Waals surface area (Å²) >= 11 is 13.1. The second-order valence-corrected chi connectivity index (χ2v) is 6.97. The van der Waals surface area contributed by atoms with Gasteiger partial charge in [0, 0.05) is 15.8 Å². The van der Waals surface area contributed by atoms with Crippen LogP contribution in [0, 0.1) is 0 Å². The zero-order valence-corrected chi connectivity index (χ0v) is 15.0. The van der Waals surface area contributed by atoms with Crippen LogP contribution < -0.4 is 0 Å². The quantitative estimate of drug-likeness (QED) is 0.716. The van der Waals surface area contributed by atoms with E-state index in [4.69, 9.17) is 28.0 Å². The van der Waals surface area contributed by atoms with Gasteiger partial charge in [-0.25, -0.2) is 4.79 Å². The smallest absolute Gasteiger partial charge is 0.329 e. The third kappa shape index (κ3) is 3.81. The van der Waals surface area contributed by atoms with Crippen molar-refractivity contribution in [2.75, 3.05) is 5.75 Å². The van der Waals surface area contributed by atoms with Gasteiger partial charge in [0.1, 0.15) is 0 Å². The SMILES string of the molecule is O=C(CSCc1ccc(Cl)cc1Cl)ON1C(=O)c2ccccc2C1=O. The number of nitrogens with zero attached hydrogens (tertiary/aromatic N) is 1. The predicted molar refractivity (Wildman–Crippen MR) is 95.7 cm³/mol. The van der Waals surface area contributed by atoms with Gasteiger partial charge in [-0.3, -0.25) is 9.59 Å². The van der Waals surface area contributed by atoms with Crippen LogP contribution in [0.25, 0.3) is 0 Å². The third-order valence-electron chi connectivity index (χ3n) is 3.44. The van der Waals surface area contributed by atoms with Crippen molar-refractivity contribution in [3.8, 4) is 0 Å². The van der Waals surface area contributed by atoms with Gasteiger partial charge in [0.05, 0.1) is 16.9 Å². The van der Waals surface area contributed by atoms with Gasteiger partial charge < -0.3 is 4.84 Å². The predicted octanol–water partition coefficient (Wildman–Crippen LogP) is 3.98. The van der Waals surface area contributed by atoms with Crippen molar-refractivity contribution >= 4 is 52.7 Å². The zero-order chi connectivity index (χ0) is 18.0. The summed E-state index contributed by atoms with van der Waals surface area (Å²) in [5.74, 6) is -1.54. The minimum Gasteiger partial charge on any atom is -0.329 e. The molecular weight excluding hydrogens is 385 g/mol. The lowest BCUT2D eigenvalue weighted by atomic mass is 10.1. The van der Waals surface area contributed by atoms with Crippen LogP contribution in [0.3, 0.4) is 0 Å². The standard InChI is InChI=1S/C17H11Cl2NO4S/c18-11-6-5-10(14(19)7-11)8-25-9-15(21)24-20-16(22)12-3-1-2-4-13(12)17(20)23/h1-7H,8-9H2. The molecule has 3 rings (SSSR count). The lowest BCUT2D eigenvalue weighted by molar-refractivity contribution is -0.165. The summed E-state index contributed by atoms with van der Waals surface area (Å²) in [6.07, 6.45) is 0. The molecule has 0 N–H and O–H groups in total. The number of halogens is 2. The average molecular weight is 396 g/mol. The van der Waals surface area contributed by atoms with Crippen molar-refractivity contribution in [3.05, 3.63) is 69.2 Å². The molecule has 1 aliphatic rings. The van der Waals surface area contributed by atoms with E-state index in [2.05, 4.69) is 0 Å². The van der Waals surface area contributed by atoms with Crippen LogP contribution >= 0.6 is 35.0 Å². The van der Waals surface area contributed by atoms with Gasteiger partial charge in [-0.05, 0) is 29.8 Å². The Morgan fingerprint density at radius 1 is 1.04 bits per heavy atom. The molecule has 0 atom stereocenters. The van der Waals surface area contributed by atoms with Gasteiger partial charge in [0.15, 0.2) is 0 Å². The molecule has 2 aromatic carbocycles. The maximum Gasteiger partial charge on any atom is 0.343 e. The number of hydroxylamine groups is 2.